The Kier molecular flexibility index (Phi) is 4.60. The van der Waals surface area contributed by atoms with Crippen molar-refractivity contribution in [3.05, 3.63) is 26.5 Å². The van der Waals surface area contributed by atoms with E-state index in [0.717, 1.165) is 6.07 Å². The highest BCUT2D eigenvalue weighted by atomic mass is 127. The van der Waals surface area contributed by atoms with Gasteiger partial charge in [-0.25, -0.2) is 9.18 Å². The van der Waals surface area contributed by atoms with Crippen molar-refractivity contribution in [3.63, 3.8) is 0 Å². The normalized spacial score (nSPS) is 11.2. The van der Waals surface area contributed by atoms with Crippen LogP contribution >= 0.6 is 34.2 Å². The molecule has 0 aliphatic heterocycles. The van der Waals surface area contributed by atoms with Crippen LogP contribution in [0.5, 0.6) is 0 Å². The average molecular weight is 372 g/mol. The van der Waals surface area contributed by atoms with Crippen molar-refractivity contribution in [1.29, 1.82) is 0 Å². The third kappa shape index (κ3) is 4.67. The first kappa shape index (κ1) is 14.5. The molecule has 0 saturated carbocycles. The van der Waals surface area contributed by atoms with Crippen molar-refractivity contribution in [2.24, 2.45) is 0 Å². The Morgan fingerprint density at radius 2 is 2.06 bits per heavy atom. The zero-order chi connectivity index (χ0) is 13.2. The van der Waals surface area contributed by atoms with Crippen LogP contribution in [-0.2, 0) is 4.74 Å². The fourth-order valence-electron chi connectivity index (χ4n) is 1.07. The molecular weight excluding hydrogens is 359 g/mol. The number of ether oxygens (including phenoxy) is 1. The van der Waals surface area contributed by atoms with Crippen molar-refractivity contribution in [3.8, 4) is 0 Å². The molecule has 0 aliphatic rings. The Morgan fingerprint density at radius 3 is 2.53 bits per heavy atom. The van der Waals surface area contributed by atoms with Crippen molar-refractivity contribution < 1.29 is 13.9 Å². The van der Waals surface area contributed by atoms with Gasteiger partial charge in [-0.1, -0.05) is 11.6 Å². The van der Waals surface area contributed by atoms with Crippen LogP contribution in [0.4, 0.5) is 14.9 Å². The van der Waals surface area contributed by atoms with E-state index in [1.54, 1.807) is 26.8 Å². The molecule has 0 radical (unpaired) electrons. The molecule has 94 valence electrons. The number of hydrogen-bond acceptors (Lipinski definition) is 2. The van der Waals surface area contributed by atoms with Crippen LogP contribution in [0.1, 0.15) is 20.8 Å². The van der Waals surface area contributed by atoms with Crippen LogP contribution < -0.4 is 5.32 Å². The Hall–Kier alpha value is -0.560. The van der Waals surface area contributed by atoms with E-state index in [-0.39, 0.29) is 10.7 Å². The van der Waals surface area contributed by atoms with Crippen molar-refractivity contribution in [1.82, 2.24) is 0 Å². The van der Waals surface area contributed by atoms with E-state index < -0.39 is 17.5 Å². The molecule has 1 aromatic carbocycles. The van der Waals surface area contributed by atoms with Crippen molar-refractivity contribution in [2.75, 3.05) is 5.32 Å². The van der Waals surface area contributed by atoms with E-state index in [4.69, 9.17) is 16.3 Å². The number of amides is 1. The first-order chi connectivity index (χ1) is 7.69. The molecule has 0 bridgehead atoms. The van der Waals surface area contributed by atoms with Gasteiger partial charge >= 0.3 is 6.09 Å². The minimum Gasteiger partial charge on any atom is -0.444 e. The monoisotopic (exact) mass is 371 g/mol. The summed E-state index contributed by atoms with van der Waals surface area (Å²) >= 11 is 7.56. The molecule has 0 aliphatic carbocycles. The summed E-state index contributed by atoms with van der Waals surface area (Å²) < 4.78 is 19.1. The lowest BCUT2D eigenvalue weighted by molar-refractivity contribution is 0.0635. The number of anilines is 1. The summed E-state index contributed by atoms with van der Waals surface area (Å²) in [4.78, 5) is 11.5. The van der Waals surface area contributed by atoms with Gasteiger partial charge < -0.3 is 4.74 Å². The Balaban J connectivity index is 2.86. The van der Waals surface area contributed by atoms with Gasteiger partial charge in [0.2, 0.25) is 0 Å². The molecule has 0 unspecified atom stereocenters. The topological polar surface area (TPSA) is 38.3 Å². The van der Waals surface area contributed by atoms with Crippen LogP contribution in [0, 0.1) is 9.39 Å². The highest BCUT2D eigenvalue weighted by molar-refractivity contribution is 14.1. The minimum absolute atomic E-state index is 0.0734. The maximum absolute atomic E-state index is 13.5. The Bertz CT molecular complexity index is 423. The summed E-state index contributed by atoms with van der Waals surface area (Å²) in [5, 5.41) is 2.64. The van der Waals surface area contributed by atoms with E-state index in [2.05, 4.69) is 5.32 Å². The number of rotatable bonds is 1. The molecule has 17 heavy (non-hydrogen) atoms. The zero-order valence-electron chi connectivity index (χ0n) is 9.61. The van der Waals surface area contributed by atoms with Gasteiger partial charge in [-0.3, -0.25) is 5.32 Å². The van der Waals surface area contributed by atoms with Gasteiger partial charge in [0.25, 0.3) is 0 Å². The molecule has 1 rings (SSSR count). The lowest BCUT2D eigenvalue weighted by Crippen LogP contribution is -2.27. The molecule has 6 heteroatoms. The second-order valence-electron chi connectivity index (χ2n) is 4.37. The molecule has 1 N–H and O–H groups in total. The number of halogens is 3. The van der Waals surface area contributed by atoms with E-state index in [0.29, 0.717) is 3.57 Å². The lowest BCUT2D eigenvalue weighted by Gasteiger charge is -2.20. The summed E-state index contributed by atoms with van der Waals surface area (Å²) in [7, 11) is 0. The van der Waals surface area contributed by atoms with E-state index in [1.807, 2.05) is 22.6 Å². The zero-order valence-corrected chi connectivity index (χ0v) is 12.5. The predicted octanol–water partition coefficient (Wildman–Crippen LogP) is 4.43. The smallest absolute Gasteiger partial charge is 0.412 e. The van der Waals surface area contributed by atoms with Crippen LogP contribution in [0.3, 0.4) is 0 Å². The average Bonchev–Trinajstić information content (AvgIpc) is 2.08. The van der Waals surface area contributed by atoms with Crippen LogP contribution in [0.25, 0.3) is 0 Å². The summed E-state index contributed by atoms with van der Waals surface area (Å²) in [5.41, 5.74) is -0.553. The molecule has 1 aromatic rings. The SMILES string of the molecule is CC(C)(C)OC(=O)Nc1c(F)cc(Cl)cc1I. The maximum Gasteiger partial charge on any atom is 0.412 e. The summed E-state index contributed by atoms with van der Waals surface area (Å²) in [5.74, 6) is -0.590. The Morgan fingerprint density at radius 1 is 1.47 bits per heavy atom. The number of hydrogen-bond donors (Lipinski definition) is 1. The van der Waals surface area contributed by atoms with E-state index >= 15 is 0 Å². The third-order valence-corrected chi connectivity index (χ3v) is 2.70. The second kappa shape index (κ2) is 5.39. The van der Waals surface area contributed by atoms with Gasteiger partial charge in [0, 0.05) is 8.59 Å². The van der Waals surface area contributed by atoms with Gasteiger partial charge in [-0.2, -0.15) is 0 Å². The van der Waals surface area contributed by atoms with Gasteiger partial charge in [-0.05, 0) is 55.5 Å². The Labute approximate surface area is 118 Å². The van der Waals surface area contributed by atoms with E-state index in [1.165, 1.54) is 0 Å². The first-order valence-electron chi connectivity index (χ1n) is 4.83. The largest absolute Gasteiger partial charge is 0.444 e. The molecule has 0 saturated heterocycles. The van der Waals surface area contributed by atoms with Crippen molar-refractivity contribution >= 4 is 46.0 Å². The fourth-order valence-corrected chi connectivity index (χ4v) is 2.18. The van der Waals surface area contributed by atoms with Crippen molar-refractivity contribution in [2.45, 2.75) is 26.4 Å². The molecular formula is C11H12ClFINO2. The number of nitrogens with one attached hydrogen (secondary N) is 1. The summed E-state index contributed by atoms with van der Waals surface area (Å²) in [6.45, 7) is 5.20. The maximum atomic E-state index is 13.5. The molecule has 1 amide bonds. The fraction of sp³-hybridized carbons (Fsp3) is 0.364. The number of carbonyl (C=O) groups is 1. The van der Waals surface area contributed by atoms with Gasteiger partial charge in [0.15, 0.2) is 0 Å². The van der Waals surface area contributed by atoms with Crippen LogP contribution in [0.15, 0.2) is 12.1 Å². The highest BCUT2D eigenvalue weighted by Gasteiger charge is 2.18. The number of benzene rings is 1. The summed E-state index contributed by atoms with van der Waals surface area (Å²) in [6, 6.07) is 2.69. The third-order valence-electron chi connectivity index (χ3n) is 1.63. The predicted molar refractivity (Wildman–Crippen MR) is 74.0 cm³/mol. The molecule has 0 fully saturated rings. The van der Waals surface area contributed by atoms with Crippen LogP contribution in [-0.4, -0.2) is 11.7 Å². The lowest BCUT2D eigenvalue weighted by atomic mass is 10.2. The molecule has 0 spiro atoms. The van der Waals surface area contributed by atoms with Crippen LogP contribution in [0.2, 0.25) is 5.02 Å². The van der Waals surface area contributed by atoms with Gasteiger partial charge in [-0.15, -0.1) is 0 Å². The number of carbonyl (C=O) groups excluding carboxylic acids is 1. The summed E-state index contributed by atoms with van der Waals surface area (Å²) in [6.07, 6.45) is -0.698. The van der Waals surface area contributed by atoms with E-state index in [9.17, 15) is 9.18 Å². The van der Waals surface area contributed by atoms with Gasteiger partial charge in [0.1, 0.15) is 11.4 Å². The molecule has 0 atom stereocenters. The second-order valence-corrected chi connectivity index (χ2v) is 5.97. The molecule has 0 heterocycles. The highest BCUT2D eigenvalue weighted by Crippen LogP contribution is 2.26. The standard InChI is InChI=1S/C11H12ClFINO2/c1-11(2,3)17-10(16)15-9-7(13)4-6(12)5-8(9)14/h4-5H,1-3H3,(H,15,16). The van der Waals surface area contributed by atoms with Gasteiger partial charge in [0.05, 0.1) is 5.69 Å². The molecule has 3 nitrogen and oxygen atoms in total. The first-order valence-corrected chi connectivity index (χ1v) is 6.29. The minimum atomic E-state index is -0.698. The molecule has 0 aromatic heterocycles. The quantitative estimate of drug-likeness (QED) is 0.742.